The van der Waals surface area contributed by atoms with Gasteiger partial charge in [-0.3, -0.25) is 14.5 Å². The van der Waals surface area contributed by atoms with E-state index in [0.29, 0.717) is 5.69 Å². The standard InChI is InChI=1S/C20H23N3O3S/c1-19(2,3)13-8-5-6-9-14(13)21-16(24)12-23-17(25)20(4,22-18(23)26)15-10-7-11-27-15/h5-11H,12H2,1-4H3,(H,21,24)(H,22,26). The maximum Gasteiger partial charge on any atom is 0.325 e. The average Bonchev–Trinajstić information content (AvgIpc) is 3.19. The molecule has 7 heteroatoms. The summed E-state index contributed by atoms with van der Waals surface area (Å²) in [7, 11) is 0. The number of rotatable bonds is 4. The highest BCUT2D eigenvalue weighted by Crippen LogP contribution is 2.32. The van der Waals surface area contributed by atoms with Crippen molar-refractivity contribution in [1.82, 2.24) is 10.2 Å². The van der Waals surface area contributed by atoms with Crippen LogP contribution in [-0.4, -0.2) is 29.3 Å². The summed E-state index contributed by atoms with van der Waals surface area (Å²) in [6, 6.07) is 10.6. The molecule has 2 aromatic rings. The molecule has 0 saturated carbocycles. The van der Waals surface area contributed by atoms with Crippen LogP contribution in [0.5, 0.6) is 0 Å². The summed E-state index contributed by atoms with van der Waals surface area (Å²) in [4.78, 5) is 39.4. The number of hydrogen-bond donors (Lipinski definition) is 2. The molecule has 3 rings (SSSR count). The van der Waals surface area contributed by atoms with Crippen LogP contribution in [0.4, 0.5) is 10.5 Å². The quantitative estimate of drug-likeness (QED) is 0.791. The van der Waals surface area contributed by atoms with Crippen LogP contribution in [0.25, 0.3) is 0 Å². The van der Waals surface area contributed by atoms with Crippen LogP contribution in [0, 0.1) is 0 Å². The molecule has 1 aliphatic heterocycles. The maximum atomic E-state index is 12.8. The minimum absolute atomic E-state index is 0.150. The van der Waals surface area contributed by atoms with Crippen LogP contribution in [0.3, 0.4) is 0 Å². The van der Waals surface area contributed by atoms with Crippen LogP contribution in [0.1, 0.15) is 38.1 Å². The monoisotopic (exact) mass is 385 g/mol. The Morgan fingerprint density at radius 2 is 1.89 bits per heavy atom. The molecule has 1 atom stereocenters. The molecule has 142 valence electrons. The Morgan fingerprint density at radius 1 is 1.19 bits per heavy atom. The molecule has 2 heterocycles. The first-order chi connectivity index (χ1) is 12.6. The molecule has 1 aromatic heterocycles. The van der Waals surface area contributed by atoms with Gasteiger partial charge in [-0.05, 0) is 35.4 Å². The molecule has 0 aliphatic carbocycles. The number of hydrogen-bond acceptors (Lipinski definition) is 4. The number of benzene rings is 1. The van der Waals surface area contributed by atoms with Gasteiger partial charge in [0.05, 0.1) is 0 Å². The second-order valence-corrected chi connectivity index (χ2v) is 8.72. The van der Waals surface area contributed by atoms with Gasteiger partial charge in [-0.25, -0.2) is 4.79 Å². The lowest BCUT2D eigenvalue weighted by atomic mass is 9.86. The van der Waals surface area contributed by atoms with Crippen molar-refractivity contribution in [2.24, 2.45) is 0 Å². The lowest BCUT2D eigenvalue weighted by molar-refractivity contribution is -0.133. The van der Waals surface area contributed by atoms with Gasteiger partial charge in [-0.15, -0.1) is 11.3 Å². The number of para-hydroxylation sites is 1. The predicted molar refractivity (Wildman–Crippen MR) is 106 cm³/mol. The van der Waals surface area contributed by atoms with Gasteiger partial charge in [-0.1, -0.05) is 45.0 Å². The molecule has 27 heavy (non-hydrogen) atoms. The van der Waals surface area contributed by atoms with Gasteiger partial charge in [0.1, 0.15) is 6.54 Å². The van der Waals surface area contributed by atoms with E-state index in [9.17, 15) is 14.4 Å². The molecular weight excluding hydrogens is 362 g/mol. The highest BCUT2D eigenvalue weighted by molar-refractivity contribution is 7.10. The Labute approximate surface area is 162 Å². The SMILES string of the molecule is CC(C)(C)c1ccccc1NC(=O)CN1C(=O)NC(C)(c2cccs2)C1=O. The van der Waals surface area contributed by atoms with Crippen LogP contribution < -0.4 is 10.6 Å². The number of carbonyl (C=O) groups excluding carboxylic acids is 3. The highest BCUT2D eigenvalue weighted by Gasteiger charge is 2.50. The molecule has 1 unspecified atom stereocenters. The van der Waals surface area contributed by atoms with Gasteiger partial charge in [0.2, 0.25) is 5.91 Å². The van der Waals surface area contributed by atoms with E-state index in [1.165, 1.54) is 11.3 Å². The zero-order valence-corrected chi connectivity index (χ0v) is 16.6. The molecule has 2 N–H and O–H groups in total. The smallest absolute Gasteiger partial charge is 0.324 e. The summed E-state index contributed by atoms with van der Waals surface area (Å²) in [6.45, 7) is 7.50. The van der Waals surface area contributed by atoms with Crippen molar-refractivity contribution in [3.63, 3.8) is 0 Å². The molecule has 4 amide bonds. The molecule has 1 aliphatic rings. The second kappa shape index (κ2) is 6.81. The van der Waals surface area contributed by atoms with E-state index in [2.05, 4.69) is 31.4 Å². The molecular formula is C20H23N3O3S. The Morgan fingerprint density at radius 3 is 2.52 bits per heavy atom. The van der Waals surface area contributed by atoms with Crippen molar-refractivity contribution in [3.8, 4) is 0 Å². The fourth-order valence-electron chi connectivity index (χ4n) is 3.15. The molecule has 6 nitrogen and oxygen atoms in total. The molecule has 0 radical (unpaired) electrons. The fraction of sp³-hybridized carbons (Fsp3) is 0.350. The Hall–Kier alpha value is -2.67. The molecule has 1 saturated heterocycles. The van der Waals surface area contributed by atoms with E-state index in [1.807, 2.05) is 35.7 Å². The van der Waals surface area contributed by atoms with Crippen molar-refractivity contribution < 1.29 is 14.4 Å². The number of thiophene rings is 1. The molecule has 1 aromatic carbocycles. The van der Waals surface area contributed by atoms with Gasteiger partial charge in [0, 0.05) is 10.6 Å². The summed E-state index contributed by atoms with van der Waals surface area (Å²) in [5.41, 5.74) is 0.388. The Kier molecular flexibility index (Phi) is 4.82. The third-order valence-electron chi connectivity index (χ3n) is 4.60. The number of urea groups is 1. The van der Waals surface area contributed by atoms with E-state index in [4.69, 9.17) is 0 Å². The highest BCUT2D eigenvalue weighted by atomic mass is 32.1. The summed E-state index contributed by atoms with van der Waals surface area (Å²) < 4.78 is 0. The first-order valence-electron chi connectivity index (χ1n) is 8.70. The first-order valence-corrected chi connectivity index (χ1v) is 9.58. The lowest BCUT2D eigenvalue weighted by Gasteiger charge is -2.23. The Bertz CT molecular complexity index is 886. The van der Waals surface area contributed by atoms with Crippen LogP contribution in [0.15, 0.2) is 41.8 Å². The number of anilines is 1. The summed E-state index contributed by atoms with van der Waals surface area (Å²) in [6.07, 6.45) is 0. The van der Waals surface area contributed by atoms with E-state index in [0.717, 1.165) is 15.3 Å². The molecule has 1 fully saturated rings. The van der Waals surface area contributed by atoms with Crippen molar-refractivity contribution in [2.75, 3.05) is 11.9 Å². The third kappa shape index (κ3) is 3.60. The van der Waals surface area contributed by atoms with Gasteiger partial charge < -0.3 is 10.6 Å². The number of imide groups is 1. The summed E-state index contributed by atoms with van der Waals surface area (Å²) >= 11 is 1.39. The minimum atomic E-state index is -1.13. The topological polar surface area (TPSA) is 78.5 Å². The van der Waals surface area contributed by atoms with Crippen molar-refractivity contribution >= 4 is 34.9 Å². The third-order valence-corrected chi connectivity index (χ3v) is 5.69. The fourth-order valence-corrected chi connectivity index (χ4v) is 3.99. The maximum absolute atomic E-state index is 12.8. The van der Waals surface area contributed by atoms with Crippen molar-refractivity contribution in [1.29, 1.82) is 0 Å². The van der Waals surface area contributed by atoms with E-state index >= 15 is 0 Å². The summed E-state index contributed by atoms with van der Waals surface area (Å²) in [5, 5.41) is 7.39. The van der Waals surface area contributed by atoms with Crippen LogP contribution >= 0.6 is 11.3 Å². The van der Waals surface area contributed by atoms with Crippen LogP contribution in [0.2, 0.25) is 0 Å². The van der Waals surface area contributed by atoms with E-state index in [1.54, 1.807) is 13.0 Å². The number of carbonyl (C=O) groups is 3. The first kappa shape index (κ1) is 19.1. The zero-order chi connectivity index (χ0) is 19.8. The number of nitrogens with zero attached hydrogens (tertiary/aromatic N) is 1. The average molecular weight is 385 g/mol. The largest absolute Gasteiger partial charge is 0.325 e. The molecule has 0 bridgehead atoms. The molecule has 0 spiro atoms. The second-order valence-electron chi connectivity index (χ2n) is 7.77. The van der Waals surface area contributed by atoms with Gasteiger partial charge >= 0.3 is 6.03 Å². The van der Waals surface area contributed by atoms with Gasteiger partial charge in [0.25, 0.3) is 5.91 Å². The van der Waals surface area contributed by atoms with Crippen molar-refractivity contribution in [3.05, 3.63) is 52.2 Å². The van der Waals surface area contributed by atoms with E-state index in [-0.39, 0.29) is 12.0 Å². The normalized spacial score (nSPS) is 19.9. The Balaban J connectivity index is 1.76. The minimum Gasteiger partial charge on any atom is -0.324 e. The van der Waals surface area contributed by atoms with Crippen molar-refractivity contribution in [2.45, 2.75) is 38.6 Å². The van der Waals surface area contributed by atoms with E-state index < -0.39 is 23.4 Å². The number of amides is 4. The van der Waals surface area contributed by atoms with Crippen LogP contribution in [-0.2, 0) is 20.5 Å². The number of nitrogens with one attached hydrogen (secondary N) is 2. The van der Waals surface area contributed by atoms with Gasteiger partial charge in [-0.2, -0.15) is 0 Å². The summed E-state index contributed by atoms with van der Waals surface area (Å²) in [5.74, 6) is -0.833. The van der Waals surface area contributed by atoms with Gasteiger partial charge in [0.15, 0.2) is 5.54 Å². The predicted octanol–water partition coefficient (Wildman–Crippen LogP) is 3.45. The lowest BCUT2D eigenvalue weighted by Crippen LogP contribution is -2.41. The zero-order valence-electron chi connectivity index (χ0n) is 15.8.